The van der Waals surface area contributed by atoms with Crippen LogP contribution in [0.15, 0.2) is 30.5 Å². The van der Waals surface area contributed by atoms with Gasteiger partial charge in [-0.05, 0) is 81.8 Å². The van der Waals surface area contributed by atoms with E-state index < -0.39 is 0 Å². The standard InChI is InChI=1S/C21H28ClN3/c22-17-8-9-18-19(10-12-24-20(18)15-17)23-11-3-5-16-6-4-14-25-13-2-1-7-21(16)25/h8-10,12,15-16,21H,1-7,11,13-14H2,(H,23,24)/t16-,21-/m1/s1. The van der Waals surface area contributed by atoms with Crippen LogP contribution >= 0.6 is 11.6 Å². The number of rotatable bonds is 5. The van der Waals surface area contributed by atoms with Gasteiger partial charge >= 0.3 is 0 Å². The normalized spacial score (nSPS) is 24.2. The Labute approximate surface area is 155 Å². The van der Waals surface area contributed by atoms with Gasteiger partial charge < -0.3 is 10.2 Å². The van der Waals surface area contributed by atoms with E-state index in [1.165, 1.54) is 63.7 Å². The first-order valence-corrected chi connectivity index (χ1v) is 10.2. The average Bonchev–Trinajstić information content (AvgIpc) is 2.65. The van der Waals surface area contributed by atoms with E-state index in [1.807, 2.05) is 18.3 Å². The summed E-state index contributed by atoms with van der Waals surface area (Å²) in [6, 6.07) is 8.87. The summed E-state index contributed by atoms with van der Waals surface area (Å²) in [7, 11) is 0. The molecule has 3 heterocycles. The van der Waals surface area contributed by atoms with Crippen LogP contribution in [0.25, 0.3) is 10.9 Å². The number of halogens is 1. The van der Waals surface area contributed by atoms with Crippen LogP contribution in [0, 0.1) is 5.92 Å². The molecule has 1 aromatic heterocycles. The summed E-state index contributed by atoms with van der Waals surface area (Å²) in [6.45, 7) is 3.71. The fourth-order valence-corrected chi connectivity index (χ4v) is 4.94. The number of hydrogen-bond donors (Lipinski definition) is 1. The Morgan fingerprint density at radius 3 is 3.00 bits per heavy atom. The number of hydrogen-bond acceptors (Lipinski definition) is 3. The van der Waals surface area contributed by atoms with Gasteiger partial charge in [-0.1, -0.05) is 18.0 Å². The zero-order chi connectivity index (χ0) is 17.1. The Morgan fingerprint density at radius 2 is 2.04 bits per heavy atom. The van der Waals surface area contributed by atoms with Gasteiger partial charge in [0.05, 0.1) is 5.52 Å². The van der Waals surface area contributed by atoms with E-state index in [0.717, 1.165) is 34.4 Å². The summed E-state index contributed by atoms with van der Waals surface area (Å²) in [6.07, 6.45) is 11.5. The second-order valence-corrected chi connectivity index (χ2v) is 8.03. The number of pyridine rings is 1. The monoisotopic (exact) mass is 357 g/mol. The summed E-state index contributed by atoms with van der Waals surface area (Å²) in [5, 5.41) is 5.52. The van der Waals surface area contributed by atoms with Crippen molar-refractivity contribution in [1.82, 2.24) is 9.88 Å². The molecule has 0 spiro atoms. The minimum absolute atomic E-state index is 0.742. The number of fused-ring (bicyclic) bond motifs is 2. The first-order chi connectivity index (χ1) is 12.3. The predicted molar refractivity (Wildman–Crippen MR) is 106 cm³/mol. The highest BCUT2D eigenvalue weighted by Crippen LogP contribution is 2.33. The summed E-state index contributed by atoms with van der Waals surface area (Å²) in [5.41, 5.74) is 2.13. The summed E-state index contributed by atoms with van der Waals surface area (Å²) in [4.78, 5) is 7.19. The smallest absolute Gasteiger partial charge is 0.0737 e. The van der Waals surface area contributed by atoms with Crippen LogP contribution in [0.2, 0.25) is 5.02 Å². The molecule has 3 nitrogen and oxygen atoms in total. The average molecular weight is 358 g/mol. The zero-order valence-corrected chi connectivity index (χ0v) is 15.6. The lowest BCUT2D eigenvalue weighted by molar-refractivity contribution is 0.0553. The summed E-state index contributed by atoms with van der Waals surface area (Å²) in [5.74, 6) is 0.906. The molecule has 0 unspecified atom stereocenters. The van der Waals surface area contributed by atoms with Gasteiger partial charge in [-0.15, -0.1) is 0 Å². The second-order valence-electron chi connectivity index (χ2n) is 7.59. The van der Waals surface area contributed by atoms with Crippen molar-refractivity contribution in [3.8, 4) is 0 Å². The number of nitrogens with zero attached hydrogens (tertiary/aromatic N) is 2. The van der Waals surface area contributed by atoms with Crippen LogP contribution in [-0.2, 0) is 0 Å². The Morgan fingerprint density at radius 1 is 1.12 bits per heavy atom. The van der Waals surface area contributed by atoms with Gasteiger partial charge in [0.25, 0.3) is 0 Å². The van der Waals surface area contributed by atoms with Crippen molar-refractivity contribution in [2.75, 3.05) is 25.0 Å². The first-order valence-electron chi connectivity index (χ1n) is 9.83. The quantitative estimate of drug-likeness (QED) is 0.731. The van der Waals surface area contributed by atoms with E-state index in [9.17, 15) is 0 Å². The Balaban J connectivity index is 1.32. The van der Waals surface area contributed by atoms with Crippen molar-refractivity contribution < 1.29 is 0 Å². The van der Waals surface area contributed by atoms with E-state index in [4.69, 9.17) is 11.6 Å². The number of nitrogens with one attached hydrogen (secondary N) is 1. The van der Waals surface area contributed by atoms with Gasteiger partial charge in [0, 0.05) is 34.9 Å². The fraction of sp³-hybridized carbons (Fsp3) is 0.571. The molecule has 2 saturated heterocycles. The Kier molecular flexibility index (Phi) is 5.42. The molecule has 2 aliphatic heterocycles. The Hall–Kier alpha value is -1.32. The zero-order valence-electron chi connectivity index (χ0n) is 14.9. The van der Waals surface area contributed by atoms with Gasteiger partial charge in [0.1, 0.15) is 0 Å². The molecule has 2 fully saturated rings. The van der Waals surface area contributed by atoms with Crippen molar-refractivity contribution in [2.45, 2.75) is 51.0 Å². The molecule has 0 radical (unpaired) electrons. The third-order valence-corrected chi connectivity index (χ3v) is 6.24. The molecule has 0 aliphatic carbocycles. The number of aromatic nitrogens is 1. The van der Waals surface area contributed by atoms with Crippen LogP contribution < -0.4 is 5.32 Å². The van der Waals surface area contributed by atoms with Crippen molar-refractivity contribution in [1.29, 1.82) is 0 Å². The second kappa shape index (κ2) is 7.92. The third-order valence-electron chi connectivity index (χ3n) is 6.00. The van der Waals surface area contributed by atoms with E-state index >= 15 is 0 Å². The minimum atomic E-state index is 0.742. The Bertz CT molecular complexity index is 715. The highest BCUT2D eigenvalue weighted by molar-refractivity contribution is 6.31. The number of anilines is 1. The molecule has 1 N–H and O–H groups in total. The minimum Gasteiger partial charge on any atom is -0.384 e. The van der Waals surface area contributed by atoms with Crippen molar-refractivity contribution in [2.24, 2.45) is 5.92 Å². The largest absolute Gasteiger partial charge is 0.384 e. The predicted octanol–water partition coefficient (Wildman–Crippen LogP) is 5.34. The molecule has 4 rings (SSSR count). The van der Waals surface area contributed by atoms with E-state index in [2.05, 4.69) is 27.3 Å². The topological polar surface area (TPSA) is 28.2 Å². The van der Waals surface area contributed by atoms with Crippen LogP contribution in [0.1, 0.15) is 44.9 Å². The molecule has 4 heteroatoms. The van der Waals surface area contributed by atoms with Gasteiger partial charge in [0.2, 0.25) is 0 Å². The molecule has 2 aromatic rings. The van der Waals surface area contributed by atoms with Gasteiger partial charge in [-0.25, -0.2) is 0 Å². The van der Waals surface area contributed by atoms with E-state index in [-0.39, 0.29) is 0 Å². The van der Waals surface area contributed by atoms with Gasteiger partial charge in [-0.2, -0.15) is 0 Å². The summed E-state index contributed by atoms with van der Waals surface area (Å²) < 4.78 is 0. The van der Waals surface area contributed by atoms with E-state index in [0.29, 0.717) is 0 Å². The molecule has 0 saturated carbocycles. The molecule has 0 amide bonds. The van der Waals surface area contributed by atoms with Gasteiger partial charge in [0.15, 0.2) is 0 Å². The lowest BCUT2D eigenvalue weighted by atomic mass is 9.81. The molecule has 2 atom stereocenters. The highest BCUT2D eigenvalue weighted by atomic mass is 35.5. The molecule has 134 valence electrons. The molecular weight excluding hydrogens is 330 g/mol. The lowest BCUT2D eigenvalue weighted by Crippen LogP contribution is -2.47. The SMILES string of the molecule is Clc1ccc2c(NCCC[C@@H]3CCCN4CCCC[C@H]34)ccnc2c1. The van der Waals surface area contributed by atoms with Crippen LogP contribution in [0.3, 0.4) is 0 Å². The fourth-order valence-electron chi connectivity index (χ4n) is 4.78. The number of benzene rings is 1. The van der Waals surface area contributed by atoms with Crippen molar-refractivity contribution in [3.63, 3.8) is 0 Å². The molecule has 25 heavy (non-hydrogen) atoms. The maximum Gasteiger partial charge on any atom is 0.0737 e. The van der Waals surface area contributed by atoms with E-state index in [1.54, 1.807) is 0 Å². The van der Waals surface area contributed by atoms with Crippen LogP contribution in [0.4, 0.5) is 5.69 Å². The maximum absolute atomic E-state index is 6.08. The van der Waals surface area contributed by atoms with Crippen molar-refractivity contribution in [3.05, 3.63) is 35.5 Å². The number of piperidine rings is 2. The lowest BCUT2D eigenvalue weighted by Gasteiger charge is -2.44. The van der Waals surface area contributed by atoms with Crippen LogP contribution in [0.5, 0.6) is 0 Å². The summed E-state index contributed by atoms with van der Waals surface area (Å²) >= 11 is 6.08. The van der Waals surface area contributed by atoms with Crippen LogP contribution in [-0.4, -0.2) is 35.6 Å². The molecular formula is C21H28ClN3. The van der Waals surface area contributed by atoms with Gasteiger partial charge in [-0.3, -0.25) is 4.98 Å². The molecule has 0 bridgehead atoms. The molecule has 1 aromatic carbocycles. The highest BCUT2D eigenvalue weighted by Gasteiger charge is 2.32. The van der Waals surface area contributed by atoms with Crippen molar-refractivity contribution >= 4 is 28.2 Å². The molecule has 2 aliphatic rings. The maximum atomic E-state index is 6.08. The third kappa shape index (κ3) is 3.93. The first kappa shape index (κ1) is 17.1.